The van der Waals surface area contributed by atoms with Crippen molar-refractivity contribution < 1.29 is 9.53 Å². The molecule has 0 atom stereocenters. The molecule has 0 bridgehead atoms. The molecule has 4 rings (SSSR count). The summed E-state index contributed by atoms with van der Waals surface area (Å²) in [4.78, 5) is 18.5. The Bertz CT molecular complexity index is 902. The lowest BCUT2D eigenvalue weighted by Gasteiger charge is -2.16. The van der Waals surface area contributed by atoms with Gasteiger partial charge >= 0.3 is 0 Å². The molecule has 0 saturated carbocycles. The van der Waals surface area contributed by atoms with Crippen molar-refractivity contribution in [2.24, 2.45) is 0 Å². The molecule has 0 radical (unpaired) electrons. The number of pyridine rings is 1. The van der Waals surface area contributed by atoms with Gasteiger partial charge in [-0.25, -0.2) is 4.98 Å². The average Bonchev–Trinajstić information content (AvgIpc) is 3.00. The Kier molecular flexibility index (Phi) is 3.35. The number of fused-ring (bicyclic) bond motifs is 3. The molecule has 0 fully saturated rings. The summed E-state index contributed by atoms with van der Waals surface area (Å²) in [7, 11) is 0. The Morgan fingerprint density at radius 1 is 1.22 bits per heavy atom. The fourth-order valence-electron chi connectivity index (χ4n) is 2.60. The number of ether oxygens (including phenoxy) is 1. The maximum Gasteiger partial charge on any atom is 0.266 e. The number of nitrogens with zero attached hydrogens (tertiary/aromatic N) is 1. The van der Waals surface area contributed by atoms with Gasteiger partial charge in [0.15, 0.2) is 0 Å². The first-order chi connectivity index (χ1) is 11.2. The predicted octanol–water partition coefficient (Wildman–Crippen LogP) is 4.26. The molecule has 1 N–H and O–H groups in total. The Balaban J connectivity index is 1.65. The fourth-order valence-corrected chi connectivity index (χ4v) is 3.69. The van der Waals surface area contributed by atoms with E-state index in [9.17, 15) is 4.79 Å². The third-order valence-electron chi connectivity index (χ3n) is 3.68. The molecule has 5 heteroatoms. The highest BCUT2D eigenvalue weighted by molar-refractivity contribution is 7.17. The number of thiophene rings is 1. The number of para-hydroxylation sites is 1. The molecule has 4 nitrogen and oxygen atoms in total. The van der Waals surface area contributed by atoms with E-state index in [1.165, 1.54) is 11.3 Å². The number of rotatable bonds is 2. The van der Waals surface area contributed by atoms with Crippen LogP contribution in [0.15, 0.2) is 48.5 Å². The summed E-state index contributed by atoms with van der Waals surface area (Å²) >= 11 is 1.49. The number of carbonyl (C=O) groups is 1. The molecule has 2 aromatic heterocycles. The Hall–Kier alpha value is -2.66. The van der Waals surface area contributed by atoms with Crippen LogP contribution in [0, 0.1) is 6.92 Å². The summed E-state index contributed by atoms with van der Waals surface area (Å²) in [5, 5.41) is 2.85. The number of amides is 1. The number of aryl methyl sites for hydroxylation is 1. The maximum atomic E-state index is 12.5. The fraction of sp³-hybridized carbons (Fsp3) is 0.111. The summed E-state index contributed by atoms with van der Waals surface area (Å²) in [6.45, 7) is 2.40. The molecule has 1 aromatic carbocycles. The van der Waals surface area contributed by atoms with E-state index in [-0.39, 0.29) is 5.91 Å². The molecule has 3 heterocycles. The Morgan fingerprint density at radius 3 is 2.96 bits per heavy atom. The first kappa shape index (κ1) is 14.0. The van der Waals surface area contributed by atoms with Gasteiger partial charge < -0.3 is 10.1 Å². The van der Waals surface area contributed by atoms with Crippen LogP contribution in [0.2, 0.25) is 0 Å². The van der Waals surface area contributed by atoms with Gasteiger partial charge in [-0.3, -0.25) is 4.79 Å². The van der Waals surface area contributed by atoms with Gasteiger partial charge in [-0.15, -0.1) is 11.3 Å². The van der Waals surface area contributed by atoms with E-state index >= 15 is 0 Å². The number of hydrogen-bond acceptors (Lipinski definition) is 4. The van der Waals surface area contributed by atoms with Gasteiger partial charge in [0.05, 0.1) is 4.88 Å². The second-order valence-corrected chi connectivity index (χ2v) is 6.42. The molecule has 1 aliphatic rings. The molecule has 0 unspecified atom stereocenters. The molecule has 0 saturated heterocycles. The molecule has 1 amide bonds. The van der Waals surface area contributed by atoms with Gasteiger partial charge in [0.2, 0.25) is 0 Å². The predicted molar refractivity (Wildman–Crippen MR) is 91.0 cm³/mol. The minimum absolute atomic E-state index is 0.139. The Morgan fingerprint density at radius 2 is 2.09 bits per heavy atom. The van der Waals surface area contributed by atoms with Crippen molar-refractivity contribution in [3.63, 3.8) is 0 Å². The van der Waals surface area contributed by atoms with Gasteiger partial charge in [-0.1, -0.05) is 18.2 Å². The van der Waals surface area contributed by atoms with Gasteiger partial charge in [0.25, 0.3) is 5.91 Å². The quantitative estimate of drug-likeness (QED) is 0.767. The largest absolute Gasteiger partial charge is 0.488 e. The van der Waals surface area contributed by atoms with E-state index in [1.54, 1.807) is 6.07 Å². The number of nitrogens with one attached hydrogen (secondary N) is 1. The summed E-state index contributed by atoms with van der Waals surface area (Å²) in [6, 6.07) is 15.4. The van der Waals surface area contributed by atoms with E-state index in [4.69, 9.17) is 4.74 Å². The topological polar surface area (TPSA) is 51.2 Å². The second kappa shape index (κ2) is 5.52. The van der Waals surface area contributed by atoms with Crippen molar-refractivity contribution in [1.82, 2.24) is 4.98 Å². The number of aromatic nitrogens is 1. The third-order valence-corrected chi connectivity index (χ3v) is 4.89. The van der Waals surface area contributed by atoms with Crippen LogP contribution in [0.1, 0.15) is 20.9 Å². The molecule has 3 aromatic rings. The van der Waals surface area contributed by atoms with Crippen LogP contribution in [0.3, 0.4) is 0 Å². The third kappa shape index (κ3) is 2.59. The van der Waals surface area contributed by atoms with E-state index in [0.717, 1.165) is 27.4 Å². The number of hydrogen-bond donors (Lipinski definition) is 1. The summed E-state index contributed by atoms with van der Waals surface area (Å²) < 4.78 is 5.74. The molecule has 114 valence electrons. The lowest BCUT2D eigenvalue weighted by Crippen LogP contribution is -2.11. The van der Waals surface area contributed by atoms with E-state index in [0.29, 0.717) is 17.3 Å². The smallest absolute Gasteiger partial charge is 0.266 e. The van der Waals surface area contributed by atoms with Crippen LogP contribution in [0.4, 0.5) is 5.82 Å². The zero-order valence-corrected chi connectivity index (χ0v) is 13.3. The van der Waals surface area contributed by atoms with E-state index in [2.05, 4.69) is 10.3 Å². The second-order valence-electron chi connectivity index (χ2n) is 5.37. The van der Waals surface area contributed by atoms with Crippen LogP contribution in [0.5, 0.6) is 5.75 Å². The first-order valence-electron chi connectivity index (χ1n) is 7.30. The summed E-state index contributed by atoms with van der Waals surface area (Å²) in [6.07, 6.45) is 0. The molecule has 0 aliphatic carbocycles. The van der Waals surface area contributed by atoms with E-state index in [1.807, 2.05) is 49.4 Å². The van der Waals surface area contributed by atoms with Gasteiger partial charge in [-0.05, 0) is 37.3 Å². The zero-order chi connectivity index (χ0) is 15.8. The summed E-state index contributed by atoms with van der Waals surface area (Å²) in [5.41, 5.74) is 2.97. The van der Waals surface area contributed by atoms with Crippen LogP contribution < -0.4 is 10.1 Å². The Labute approximate surface area is 137 Å². The molecule has 1 aliphatic heterocycles. The van der Waals surface area contributed by atoms with Crippen molar-refractivity contribution >= 4 is 23.1 Å². The first-order valence-corrected chi connectivity index (χ1v) is 8.12. The van der Waals surface area contributed by atoms with Gasteiger partial charge in [-0.2, -0.15) is 0 Å². The zero-order valence-electron chi connectivity index (χ0n) is 12.5. The maximum absolute atomic E-state index is 12.5. The van der Waals surface area contributed by atoms with Crippen molar-refractivity contribution in [1.29, 1.82) is 0 Å². The molecule has 23 heavy (non-hydrogen) atoms. The van der Waals surface area contributed by atoms with Crippen LogP contribution in [0.25, 0.3) is 10.4 Å². The van der Waals surface area contributed by atoms with Gasteiger partial charge in [0, 0.05) is 21.7 Å². The standard InChI is InChI=1S/C18H14N2O2S/c1-11-5-4-8-16(19-11)20-18(21)15-9-12-10-22-14-7-3-2-6-13(14)17(12)23-15/h2-9H,10H2,1H3,(H,19,20,21). The highest BCUT2D eigenvalue weighted by atomic mass is 32.1. The average molecular weight is 322 g/mol. The van der Waals surface area contributed by atoms with Crippen molar-refractivity contribution in [3.8, 4) is 16.2 Å². The minimum Gasteiger partial charge on any atom is -0.488 e. The van der Waals surface area contributed by atoms with Crippen LogP contribution in [-0.2, 0) is 6.61 Å². The lowest BCUT2D eigenvalue weighted by molar-refractivity contribution is 0.103. The van der Waals surface area contributed by atoms with Crippen molar-refractivity contribution in [3.05, 3.63) is 64.7 Å². The molecular weight excluding hydrogens is 308 g/mol. The number of anilines is 1. The van der Waals surface area contributed by atoms with Crippen LogP contribution >= 0.6 is 11.3 Å². The SMILES string of the molecule is Cc1cccc(NC(=O)c2cc3c(s2)-c2ccccc2OC3)n1. The van der Waals surface area contributed by atoms with Crippen molar-refractivity contribution in [2.75, 3.05) is 5.32 Å². The molecule has 0 spiro atoms. The number of benzene rings is 1. The summed E-state index contributed by atoms with van der Waals surface area (Å²) in [5.74, 6) is 1.30. The van der Waals surface area contributed by atoms with Crippen LogP contribution in [-0.4, -0.2) is 10.9 Å². The molecular formula is C18H14N2O2S. The highest BCUT2D eigenvalue weighted by Crippen LogP contribution is 2.42. The van der Waals surface area contributed by atoms with Crippen molar-refractivity contribution in [2.45, 2.75) is 13.5 Å². The lowest BCUT2D eigenvalue weighted by atomic mass is 10.1. The number of carbonyl (C=O) groups excluding carboxylic acids is 1. The minimum atomic E-state index is -0.139. The highest BCUT2D eigenvalue weighted by Gasteiger charge is 2.22. The van der Waals surface area contributed by atoms with Gasteiger partial charge in [0.1, 0.15) is 18.2 Å². The normalized spacial score (nSPS) is 12.0. The monoisotopic (exact) mass is 322 g/mol. The van der Waals surface area contributed by atoms with E-state index < -0.39 is 0 Å².